The van der Waals surface area contributed by atoms with Gasteiger partial charge in [0.05, 0.1) is 0 Å². The molecule has 1 aliphatic heterocycles. The molecule has 1 atom stereocenters. The van der Waals surface area contributed by atoms with E-state index in [1.807, 2.05) is 6.92 Å². The van der Waals surface area contributed by atoms with Gasteiger partial charge >= 0.3 is 0 Å². The first-order chi connectivity index (χ1) is 10.7. The molecular formula is C17H21ClN4. The van der Waals surface area contributed by atoms with Gasteiger partial charge in [-0.3, -0.25) is 4.90 Å². The van der Waals surface area contributed by atoms with Gasteiger partial charge in [0.25, 0.3) is 0 Å². The lowest BCUT2D eigenvalue weighted by Gasteiger charge is -2.33. The van der Waals surface area contributed by atoms with E-state index in [1.165, 1.54) is 12.0 Å². The average molecular weight is 317 g/mol. The SMILES string of the molecule is Cc1nc(Cl)cc(NC2CCCN(Cc3ccccc3)C2)n1. The first-order valence-corrected chi connectivity index (χ1v) is 8.11. The first kappa shape index (κ1) is 15.3. The molecule has 0 radical (unpaired) electrons. The molecule has 0 bridgehead atoms. The predicted octanol–water partition coefficient (Wildman–Crippen LogP) is 3.51. The van der Waals surface area contributed by atoms with Gasteiger partial charge in [-0.25, -0.2) is 9.97 Å². The van der Waals surface area contributed by atoms with Crippen molar-refractivity contribution in [3.8, 4) is 0 Å². The highest BCUT2D eigenvalue weighted by Crippen LogP contribution is 2.18. The molecule has 0 amide bonds. The summed E-state index contributed by atoms with van der Waals surface area (Å²) in [5.74, 6) is 1.52. The van der Waals surface area contributed by atoms with E-state index in [0.29, 0.717) is 17.0 Å². The Hall–Kier alpha value is -1.65. The molecule has 0 spiro atoms. The Bertz CT molecular complexity index is 597. The molecule has 2 heterocycles. The highest BCUT2D eigenvalue weighted by Gasteiger charge is 2.20. The lowest BCUT2D eigenvalue weighted by molar-refractivity contribution is 0.208. The minimum atomic E-state index is 0.405. The Balaban J connectivity index is 1.60. The maximum Gasteiger partial charge on any atom is 0.134 e. The maximum absolute atomic E-state index is 6.00. The van der Waals surface area contributed by atoms with Gasteiger partial charge in [-0.05, 0) is 31.9 Å². The Morgan fingerprint density at radius 3 is 2.86 bits per heavy atom. The van der Waals surface area contributed by atoms with Crippen LogP contribution in [-0.2, 0) is 6.54 Å². The van der Waals surface area contributed by atoms with Gasteiger partial charge in [0.1, 0.15) is 16.8 Å². The summed E-state index contributed by atoms with van der Waals surface area (Å²) in [7, 11) is 0. The number of nitrogens with zero attached hydrogens (tertiary/aromatic N) is 3. The van der Waals surface area contributed by atoms with Gasteiger partial charge in [-0.15, -0.1) is 0 Å². The van der Waals surface area contributed by atoms with E-state index < -0.39 is 0 Å². The van der Waals surface area contributed by atoms with E-state index in [1.54, 1.807) is 6.07 Å². The number of rotatable bonds is 4. The Labute approximate surface area is 136 Å². The van der Waals surface area contributed by atoms with Crippen molar-refractivity contribution in [2.24, 2.45) is 0 Å². The van der Waals surface area contributed by atoms with Crippen molar-refractivity contribution in [1.82, 2.24) is 14.9 Å². The van der Waals surface area contributed by atoms with E-state index in [4.69, 9.17) is 11.6 Å². The highest BCUT2D eigenvalue weighted by atomic mass is 35.5. The lowest BCUT2D eigenvalue weighted by Crippen LogP contribution is -2.41. The summed E-state index contributed by atoms with van der Waals surface area (Å²) in [6.45, 7) is 5.04. The fourth-order valence-electron chi connectivity index (χ4n) is 2.97. The third-order valence-electron chi connectivity index (χ3n) is 3.91. The minimum absolute atomic E-state index is 0.405. The van der Waals surface area contributed by atoms with Gasteiger partial charge in [-0.1, -0.05) is 41.9 Å². The van der Waals surface area contributed by atoms with Gasteiger partial charge in [0, 0.05) is 25.2 Å². The summed E-state index contributed by atoms with van der Waals surface area (Å²) in [6.07, 6.45) is 2.36. The summed E-state index contributed by atoms with van der Waals surface area (Å²) >= 11 is 6.00. The second kappa shape index (κ2) is 7.07. The molecule has 5 heteroatoms. The molecule has 0 saturated carbocycles. The average Bonchev–Trinajstić information content (AvgIpc) is 2.47. The van der Waals surface area contributed by atoms with E-state index in [-0.39, 0.29) is 0 Å². The number of likely N-dealkylation sites (tertiary alicyclic amines) is 1. The van der Waals surface area contributed by atoms with Gasteiger partial charge in [-0.2, -0.15) is 0 Å². The van der Waals surface area contributed by atoms with Gasteiger partial charge in [0.2, 0.25) is 0 Å². The molecule has 1 N–H and O–H groups in total. The van der Waals surface area contributed by atoms with E-state index in [2.05, 4.69) is 50.5 Å². The number of piperidine rings is 1. The molecule has 2 aromatic rings. The van der Waals surface area contributed by atoms with Crippen LogP contribution in [0.5, 0.6) is 0 Å². The molecule has 1 aromatic carbocycles. The smallest absolute Gasteiger partial charge is 0.134 e. The molecule has 1 aromatic heterocycles. The third kappa shape index (κ3) is 4.18. The molecule has 1 fully saturated rings. The first-order valence-electron chi connectivity index (χ1n) is 7.73. The molecule has 22 heavy (non-hydrogen) atoms. The van der Waals surface area contributed by atoms with E-state index in [9.17, 15) is 0 Å². The van der Waals surface area contributed by atoms with Gasteiger partial charge < -0.3 is 5.32 Å². The predicted molar refractivity (Wildman–Crippen MR) is 90.1 cm³/mol. The third-order valence-corrected chi connectivity index (χ3v) is 4.11. The van der Waals surface area contributed by atoms with Crippen LogP contribution in [-0.4, -0.2) is 34.0 Å². The van der Waals surface area contributed by atoms with Crippen molar-refractivity contribution >= 4 is 17.4 Å². The molecule has 4 nitrogen and oxygen atoms in total. The zero-order valence-corrected chi connectivity index (χ0v) is 13.6. The Morgan fingerprint density at radius 1 is 1.27 bits per heavy atom. The van der Waals surface area contributed by atoms with Crippen LogP contribution < -0.4 is 5.32 Å². The second-order valence-electron chi connectivity index (χ2n) is 5.83. The number of nitrogens with one attached hydrogen (secondary N) is 1. The highest BCUT2D eigenvalue weighted by molar-refractivity contribution is 6.29. The van der Waals surface area contributed by atoms with Crippen LogP contribution in [0.2, 0.25) is 5.15 Å². The molecule has 3 rings (SSSR count). The van der Waals surface area contributed by atoms with E-state index >= 15 is 0 Å². The second-order valence-corrected chi connectivity index (χ2v) is 6.21. The summed E-state index contributed by atoms with van der Waals surface area (Å²) in [5, 5.41) is 3.99. The lowest BCUT2D eigenvalue weighted by atomic mass is 10.0. The van der Waals surface area contributed by atoms with Crippen molar-refractivity contribution < 1.29 is 0 Å². The molecule has 0 aliphatic carbocycles. The quantitative estimate of drug-likeness (QED) is 0.876. The monoisotopic (exact) mass is 316 g/mol. The number of hydrogen-bond donors (Lipinski definition) is 1. The zero-order valence-electron chi connectivity index (χ0n) is 12.8. The zero-order chi connectivity index (χ0) is 15.4. The largest absolute Gasteiger partial charge is 0.366 e. The summed E-state index contributed by atoms with van der Waals surface area (Å²) in [6, 6.07) is 12.8. The normalized spacial score (nSPS) is 19.1. The molecule has 116 valence electrons. The van der Waals surface area contributed by atoms with Crippen molar-refractivity contribution in [2.75, 3.05) is 18.4 Å². The van der Waals surface area contributed by atoms with Crippen molar-refractivity contribution in [3.05, 3.63) is 52.9 Å². The number of benzene rings is 1. The van der Waals surface area contributed by atoms with Crippen LogP contribution in [0.3, 0.4) is 0 Å². The van der Waals surface area contributed by atoms with Crippen LogP contribution in [0.4, 0.5) is 5.82 Å². The Morgan fingerprint density at radius 2 is 2.09 bits per heavy atom. The number of halogens is 1. The van der Waals surface area contributed by atoms with Crippen LogP contribution in [0, 0.1) is 6.92 Å². The van der Waals surface area contributed by atoms with Crippen LogP contribution >= 0.6 is 11.6 Å². The van der Waals surface area contributed by atoms with Crippen LogP contribution in [0.15, 0.2) is 36.4 Å². The molecular weight excluding hydrogens is 296 g/mol. The standard InChI is InChI=1S/C17H21ClN4/c1-13-19-16(18)10-17(20-13)21-15-8-5-9-22(12-15)11-14-6-3-2-4-7-14/h2-4,6-7,10,15H,5,8-9,11-12H2,1H3,(H,19,20,21). The number of hydrogen-bond acceptors (Lipinski definition) is 4. The molecule has 1 saturated heterocycles. The maximum atomic E-state index is 6.00. The van der Waals surface area contributed by atoms with Crippen molar-refractivity contribution in [2.45, 2.75) is 32.4 Å². The van der Waals surface area contributed by atoms with Crippen LogP contribution in [0.25, 0.3) is 0 Å². The van der Waals surface area contributed by atoms with Gasteiger partial charge in [0.15, 0.2) is 0 Å². The minimum Gasteiger partial charge on any atom is -0.366 e. The molecule has 1 unspecified atom stereocenters. The van der Waals surface area contributed by atoms with Crippen molar-refractivity contribution in [1.29, 1.82) is 0 Å². The summed E-state index contributed by atoms with van der Waals surface area (Å²) in [5.41, 5.74) is 1.36. The number of aromatic nitrogens is 2. The van der Waals surface area contributed by atoms with Crippen molar-refractivity contribution in [3.63, 3.8) is 0 Å². The molecule has 1 aliphatic rings. The Kier molecular flexibility index (Phi) is 4.90. The number of anilines is 1. The fraction of sp³-hybridized carbons (Fsp3) is 0.412. The van der Waals surface area contributed by atoms with E-state index in [0.717, 1.165) is 31.9 Å². The number of aryl methyl sites for hydroxylation is 1. The fourth-order valence-corrected chi connectivity index (χ4v) is 3.20. The summed E-state index contributed by atoms with van der Waals surface area (Å²) < 4.78 is 0. The topological polar surface area (TPSA) is 41.1 Å². The summed E-state index contributed by atoms with van der Waals surface area (Å²) in [4.78, 5) is 11.0. The van der Waals surface area contributed by atoms with Crippen LogP contribution in [0.1, 0.15) is 24.2 Å².